The van der Waals surface area contributed by atoms with Crippen molar-refractivity contribution in [3.05, 3.63) is 57.3 Å². The molecule has 0 radical (unpaired) electrons. The van der Waals surface area contributed by atoms with Crippen LogP contribution in [0.15, 0.2) is 30.3 Å². The van der Waals surface area contributed by atoms with Crippen LogP contribution in [0, 0.1) is 18.6 Å². The lowest BCUT2D eigenvalue weighted by Crippen LogP contribution is -2.02. The van der Waals surface area contributed by atoms with E-state index in [0.717, 1.165) is 10.9 Å². The number of ketones is 1. The largest absolute Gasteiger partial charge is 0.288 e. The first-order valence-electron chi connectivity index (χ1n) is 4.64. The third-order valence-electron chi connectivity index (χ3n) is 2.14. The van der Waals surface area contributed by atoms with Crippen molar-refractivity contribution in [2.24, 2.45) is 0 Å². The van der Waals surface area contributed by atoms with E-state index in [-0.39, 0.29) is 5.56 Å². The quantitative estimate of drug-likeness (QED) is 0.731. The highest BCUT2D eigenvalue weighted by Crippen LogP contribution is 2.21. The van der Waals surface area contributed by atoms with Crippen molar-refractivity contribution in [2.45, 2.75) is 6.92 Å². The van der Waals surface area contributed by atoms with Crippen molar-refractivity contribution < 1.29 is 13.6 Å². The maximum atomic E-state index is 13.3. The Morgan fingerprint density at radius 2 is 1.94 bits per heavy atom. The average Bonchev–Trinajstić information content (AvgIpc) is 2.64. The van der Waals surface area contributed by atoms with Crippen LogP contribution in [-0.4, -0.2) is 5.78 Å². The number of thiophene rings is 1. The van der Waals surface area contributed by atoms with Gasteiger partial charge >= 0.3 is 0 Å². The Morgan fingerprint density at radius 1 is 1.19 bits per heavy atom. The summed E-state index contributed by atoms with van der Waals surface area (Å²) in [5.41, 5.74) is -0.0942. The first-order chi connectivity index (χ1) is 7.58. The molecule has 0 atom stereocenters. The summed E-state index contributed by atoms with van der Waals surface area (Å²) in [7, 11) is 0. The van der Waals surface area contributed by atoms with Crippen molar-refractivity contribution in [2.75, 3.05) is 0 Å². The minimum atomic E-state index is -0.823. The van der Waals surface area contributed by atoms with E-state index in [0.29, 0.717) is 10.9 Å². The number of carbonyl (C=O) groups is 1. The predicted octanol–water partition coefficient (Wildman–Crippen LogP) is 3.57. The van der Waals surface area contributed by atoms with Crippen LogP contribution in [-0.2, 0) is 0 Å². The maximum Gasteiger partial charge on any atom is 0.205 e. The number of rotatable bonds is 2. The van der Waals surface area contributed by atoms with E-state index in [2.05, 4.69) is 0 Å². The lowest BCUT2D eigenvalue weighted by Gasteiger charge is -2.00. The molecule has 0 N–H and O–H groups in total. The summed E-state index contributed by atoms with van der Waals surface area (Å²) in [5, 5.41) is 0. The SMILES string of the molecule is Cc1ccc(C(=O)c2ccc(F)cc2F)s1. The summed E-state index contributed by atoms with van der Waals surface area (Å²) < 4.78 is 26.0. The Morgan fingerprint density at radius 3 is 2.50 bits per heavy atom. The van der Waals surface area contributed by atoms with Crippen molar-refractivity contribution in [1.29, 1.82) is 0 Å². The number of hydrogen-bond donors (Lipinski definition) is 0. The summed E-state index contributed by atoms with van der Waals surface area (Å²) in [6.07, 6.45) is 0. The monoisotopic (exact) mass is 238 g/mol. The van der Waals surface area contributed by atoms with Gasteiger partial charge < -0.3 is 0 Å². The molecule has 0 saturated heterocycles. The van der Waals surface area contributed by atoms with E-state index in [9.17, 15) is 13.6 Å². The summed E-state index contributed by atoms with van der Waals surface area (Å²) in [6, 6.07) is 6.40. The van der Waals surface area contributed by atoms with Crippen LogP contribution in [0.2, 0.25) is 0 Å². The van der Waals surface area contributed by atoms with Crippen molar-refractivity contribution in [3.8, 4) is 0 Å². The first-order valence-corrected chi connectivity index (χ1v) is 5.46. The fourth-order valence-corrected chi connectivity index (χ4v) is 2.18. The highest BCUT2D eigenvalue weighted by molar-refractivity contribution is 7.14. The maximum absolute atomic E-state index is 13.3. The van der Waals surface area contributed by atoms with Gasteiger partial charge in [-0.1, -0.05) is 0 Å². The van der Waals surface area contributed by atoms with Crippen molar-refractivity contribution >= 4 is 17.1 Å². The molecule has 0 saturated carbocycles. The van der Waals surface area contributed by atoms with Crippen molar-refractivity contribution in [1.82, 2.24) is 0 Å². The Bertz CT molecular complexity index is 546. The smallest absolute Gasteiger partial charge is 0.205 e. The minimum absolute atomic E-state index is 0.0942. The van der Waals surface area contributed by atoms with E-state index >= 15 is 0 Å². The molecule has 0 spiro atoms. The number of hydrogen-bond acceptors (Lipinski definition) is 2. The van der Waals surface area contributed by atoms with Gasteiger partial charge in [0.1, 0.15) is 11.6 Å². The number of benzene rings is 1. The summed E-state index contributed by atoms with van der Waals surface area (Å²) >= 11 is 1.29. The average molecular weight is 238 g/mol. The van der Waals surface area contributed by atoms with Gasteiger partial charge in [-0.05, 0) is 31.2 Å². The fraction of sp³-hybridized carbons (Fsp3) is 0.0833. The van der Waals surface area contributed by atoms with Gasteiger partial charge in [-0.3, -0.25) is 4.79 Å². The highest BCUT2D eigenvalue weighted by atomic mass is 32.1. The van der Waals surface area contributed by atoms with Gasteiger partial charge in [0.2, 0.25) is 5.78 Å². The van der Waals surface area contributed by atoms with E-state index < -0.39 is 17.4 Å². The third-order valence-corrected chi connectivity index (χ3v) is 3.14. The minimum Gasteiger partial charge on any atom is -0.288 e. The van der Waals surface area contributed by atoms with Crippen LogP contribution < -0.4 is 0 Å². The van der Waals surface area contributed by atoms with Gasteiger partial charge in [0, 0.05) is 10.9 Å². The molecule has 0 amide bonds. The standard InChI is InChI=1S/C12H8F2OS/c1-7-2-5-11(16-7)12(15)9-4-3-8(13)6-10(9)14/h2-6H,1H3. The van der Waals surface area contributed by atoms with Gasteiger partial charge in [0.15, 0.2) is 0 Å². The number of aryl methyl sites for hydroxylation is 1. The van der Waals surface area contributed by atoms with E-state index in [1.165, 1.54) is 17.4 Å². The predicted molar refractivity (Wildman–Crippen MR) is 58.8 cm³/mol. The van der Waals surface area contributed by atoms with Crippen LogP contribution in [0.4, 0.5) is 8.78 Å². The molecule has 1 aromatic carbocycles. The molecule has 0 fully saturated rings. The van der Waals surface area contributed by atoms with E-state index in [1.54, 1.807) is 12.1 Å². The zero-order valence-corrected chi connectivity index (χ0v) is 9.28. The molecular formula is C12H8F2OS. The van der Waals surface area contributed by atoms with Gasteiger partial charge in [0.05, 0.1) is 10.4 Å². The van der Waals surface area contributed by atoms with Crippen LogP contribution in [0.3, 0.4) is 0 Å². The molecule has 1 heterocycles. The second kappa shape index (κ2) is 4.14. The normalized spacial score (nSPS) is 10.4. The first kappa shape index (κ1) is 11.0. The Hall–Kier alpha value is -1.55. The van der Waals surface area contributed by atoms with Crippen LogP contribution in [0.1, 0.15) is 20.1 Å². The summed E-state index contributed by atoms with van der Waals surface area (Å²) in [4.78, 5) is 13.3. The Labute approximate surface area is 95.4 Å². The van der Waals surface area contributed by atoms with Crippen LogP contribution in [0.5, 0.6) is 0 Å². The number of halogens is 2. The fourth-order valence-electron chi connectivity index (χ4n) is 1.36. The summed E-state index contributed by atoms with van der Waals surface area (Å²) in [5.74, 6) is -1.91. The molecule has 0 bridgehead atoms. The van der Waals surface area contributed by atoms with Gasteiger partial charge in [-0.2, -0.15) is 0 Å². The molecule has 0 aliphatic rings. The lowest BCUT2D eigenvalue weighted by atomic mass is 10.1. The molecular weight excluding hydrogens is 230 g/mol. The molecule has 1 aromatic heterocycles. The molecule has 2 rings (SSSR count). The molecule has 82 valence electrons. The zero-order valence-electron chi connectivity index (χ0n) is 8.46. The van der Waals surface area contributed by atoms with E-state index in [1.807, 2.05) is 6.92 Å². The molecule has 16 heavy (non-hydrogen) atoms. The molecule has 2 aromatic rings. The molecule has 0 aliphatic carbocycles. The highest BCUT2D eigenvalue weighted by Gasteiger charge is 2.15. The summed E-state index contributed by atoms with van der Waals surface area (Å²) in [6.45, 7) is 1.86. The molecule has 0 unspecified atom stereocenters. The topological polar surface area (TPSA) is 17.1 Å². The zero-order chi connectivity index (χ0) is 11.7. The molecule has 1 nitrogen and oxygen atoms in total. The molecule has 4 heteroatoms. The van der Waals surface area contributed by atoms with Crippen molar-refractivity contribution in [3.63, 3.8) is 0 Å². The Balaban J connectivity index is 2.41. The van der Waals surface area contributed by atoms with Gasteiger partial charge in [-0.15, -0.1) is 11.3 Å². The second-order valence-corrected chi connectivity index (χ2v) is 4.65. The van der Waals surface area contributed by atoms with Gasteiger partial charge in [0.25, 0.3) is 0 Å². The second-order valence-electron chi connectivity index (χ2n) is 3.36. The van der Waals surface area contributed by atoms with Crippen LogP contribution >= 0.6 is 11.3 Å². The Kier molecular flexibility index (Phi) is 2.83. The van der Waals surface area contributed by atoms with E-state index in [4.69, 9.17) is 0 Å². The third kappa shape index (κ3) is 2.02. The lowest BCUT2D eigenvalue weighted by molar-refractivity contribution is 0.103. The van der Waals surface area contributed by atoms with Gasteiger partial charge in [-0.25, -0.2) is 8.78 Å². The number of carbonyl (C=O) groups excluding carboxylic acids is 1. The van der Waals surface area contributed by atoms with Crippen LogP contribution in [0.25, 0.3) is 0 Å². The molecule has 0 aliphatic heterocycles.